The second-order valence-corrected chi connectivity index (χ2v) is 26.6. The number of aromatic nitrogens is 5. The number of nitrogens with one attached hydrogen (secondary N) is 5. The zero-order valence-corrected chi connectivity index (χ0v) is 59.9. The highest BCUT2D eigenvalue weighted by atomic mass is 35.5. The summed E-state index contributed by atoms with van der Waals surface area (Å²) in [5.41, 5.74) is -4.60. The summed E-state index contributed by atoms with van der Waals surface area (Å²) in [4.78, 5) is 107. The normalized spacial score (nSPS) is 19.8. The van der Waals surface area contributed by atoms with Crippen LogP contribution in [0.2, 0.25) is 15.1 Å². The minimum absolute atomic E-state index is 0.0247. The van der Waals surface area contributed by atoms with Gasteiger partial charge in [-0.3, -0.25) is 14.2 Å². The van der Waals surface area contributed by atoms with Crippen LogP contribution < -0.4 is 36.1 Å². The molecule has 30 nitrogen and oxygen atoms in total. The minimum atomic E-state index is -1.59. The van der Waals surface area contributed by atoms with Gasteiger partial charge in [0.1, 0.15) is 64.9 Å². The molecule has 3 aromatic carbocycles. The molecule has 2 aliphatic heterocycles. The summed E-state index contributed by atoms with van der Waals surface area (Å²) >= 11 is 18.0. The van der Waals surface area contributed by atoms with E-state index >= 15 is 0 Å². The molecular formula is C70H75Cl3N8O22. The number of imidazole rings is 1. The third-order valence-corrected chi connectivity index (χ3v) is 18.0. The summed E-state index contributed by atoms with van der Waals surface area (Å²) < 4.78 is 65.4. The molecule has 0 aliphatic carbocycles. The molecule has 11 rings (SSSR count). The highest BCUT2D eigenvalue weighted by molar-refractivity contribution is 6.40. The number of esters is 2. The number of aromatic hydroxyl groups is 2. The maximum atomic E-state index is 13.7. The van der Waals surface area contributed by atoms with Crippen LogP contribution >= 0.6 is 34.8 Å². The Bertz CT molecular complexity index is 4550. The summed E-state index contributed by atoms with van der Waals surface area (Å²) in [7, 11) is 2.76. The van der Waals surface area contributed by atoms with Crippen molar-refractivity contribution in [3.8, 4) is 28.7 Å². The topological polar surface area (TPSA) is 402 Å². The number of aromatic amines is 3. The maximum absolute atomic E-state index is 13.7. The van der Waals surface area contributed by atoms with Crippen molar-refractivity contribution < 1.29 is 95.9 Å². The van der Waals surface area contributed by atoms with Gasteiger partial charge in [-0.15, -0.1) is 0 Å². The molecular weight excluding hydrogens is 1410 g/mol. The molecule has 3 amide bonds. The monoisotopic (exact) mass is 1480 g/mol. The molecule has 9 aromatic rings. The van der Waals surface area contributed by atoms with Gasteiger partial charge in [0, 0.05) is 66.9 Å². The number of hydrogen-bond donors (Lipinski definition) is 9. The molecule has 33 heteroatoms. The van der Waals surface area contributed by atoms with Crippen LogP contribution in [-0.2, 0) is 28.4 Å². The molecule has 0 unspecified atom stereocenters. The third kappa shape index (κ3) is 15.9. The van der Waals surface area contributed by atoms with E-state index in [0.29, 0.717) is 45.3 Å². The molecule has 2 aliphatic rings. The fourth-order valence-electron chi connectivity index (χ4n) is 12.1. The minimum Gasteiger partial charge on any atom is -0.505 e. The van der Waals surface area contributed by atoms with Gasteiger partial charge in [-0.2, -0.15) is 0 Å². The second kappa shape index (κ2) is 31.0. The molecule has 8 heterocycles. The van der Waals surface area contributed by atoms with Crippen LogP contribution in [0.4, 0.5) is 16.2 Å². The Hall–Kier alpha value is -9.89. The number of aliphatic hydroxyl groups is 2. The maximum Gasteiger partial charge on any atom is 0.364 e. The Morgan fingerprint density at radius 1 is 0.670 bits per heavy atom. The van der Waals surface area contributed by atoms with Gasteiger partial charge in [-0.25, -0.2) is 29.0 Å². The van der Waals surface area contributed by atoms with E-state index in [2.05, 4.69) is 30.6 Å². The first-order chi connectivity index (χ1) is 48.8. The lowest BCUT2D eigenvalue weighted by atomic mass is 9.89. The average molecular weight is 1490 g/mol. The molecule has 6 aromatic heterocycles. The number of nitrogens with zero attached hydrogens (tertiary/aromatic N) is 3. The number of carbonyl (C=O) groups is 5. The van der Waals surface area contributed by atoms with Gasteiger partial charge in [-0.05, 0) is 135 Å². The van der Waals surface area contributed by atoms with E-state index in [-0.39, 0.29) is 85.4 Å². The summed E-state index contributed by atoms with van der Waals surface area (Å²) in [6.07, 6.45) is -3.87. The molecule has 9 N–H and O–H groups in total. The third-order valence-electron chi connectivity index (χ3n) is 17.3. The van der Waals surface area contributed by atoms with E-state index < -0.39 is 118 Å². The quantitative estimate of drug-likeness (QED) is 0.0253. The zero-order valence-electron chi connectivity index (χ0n) is 57.6. The van der Waals surface area contributed by atoms with Gasteiger partial charge >= 0.3 is 29.2 Å². The van der Waals surface area contributed by atoms with Gasteiger partial charge in [0.2, 0.25) is 12.6 Å². The first-order valence-electron chi connectivity index (χ1n) is 32.1. The Morgan fingerprint density at radius 2 is 1.15 bits per heavy atom. The van der Waals surface area contributed by atoms with Crippen molar-refractivity contribution in [2.24, 2.45) is 0 Å². The first-order valence-corrected chi connectivity index (χ1v) is 33.2. The number of halogens is 3. The number of aliphatic hydroxyl groups excluding tert-OH is 2. The number of aryl methyl sites for hydroxylation is 4. The highest BCUT2D eigenvalue weighted by Crippen LogP contribution is 2.42. The van der Waals surface area contributed by atoms with Gasteiger partial charge in [0.05, 0.1) is 44.1 Å². The number of rotatable bonds is 20. The number of anilines is 2. The molecule has 0 spiro atoms. The largest absolute Gasteiger partial charge is 0.505 e. The number of benzene rings is 3. The van der Waals surface area contributed by atoms with Gasteiger partial charge < -0.3 is 102 Å². The Labute approximate surface area is 601 Å². The van der Waals surface area contributed by atoms with Crippen molar-refractivity contribution in [2.75, 3.05) is 44.5 Å². The summed E-state index contributed by atoms with van der Waals surface area (Å²) in [5, 5.41) is 51.5. The Morgan fingerprint density at radius 3 is 1.57 bits per heavy atom. The van der Waals surface area contributed by atoms with Gasteiger partial charge in [0.25, 0.3) is 11.8 Å². The second-order valence-electron chi connectivity index (χ2n) is 25.3. The van der Waals surface area contributed by atoms with Crippen molar-refractivity contribution in [3.63, 3.8) is 0 Å². The molecule has 0 radical (unpaired) electrons. The van der Waals surface area contributed by atoms with E-state index in [1.807, 2.05) is 6.92 Å². The van der Waals surface area contributed by atoms with Gasteiger partial charge in [-0.1, -0.05) is 41.7 Å². The van der Waals surface area contributed by atoms with Crippen molar-refractivity contribution in [3.05, 3.63) is 172 Å². The van der Waals surface area contributed by atoms with E-state index in [4.69, 9.17) is 86.3 Å². The molecule has 2 fully saturated rings. The predicted molar refractivity (Wildman–Crippen MR) is 373 cm³/mol. The number of methoxy groups -OCH3 is 2. The highest BCUT2D eigenvalue weighted by Gasteiger charge is 2.55. The lowest BCUT2D eigenvalue weighted by molar-refractivity contribution is -0.305. The van der Waals surface area contributed by atoms with Crippen molar-refractivity contribution in [2.45, 2.75) is 136 Å². The van der Waals surface area contributed by atoms with Crippen LogP contribution in [0.15, 0.2) is 104 Å². The lowest BCUT2D eigenvalue weighted by Gasteiger charge is -2.47. The molecule has 8 atom stereocenters. The number of fused-ring (bicyclic) bond motifs is 2. The van der Waals surface area contributed by atoms with Gasteiger partial charge in [0.15, 0.2) is 53.0 Å². The first kappa shape index (κ1) is 75.8. The fraction of sp³-hybridized carbons (Fsp3) is 0.371. The Balaban J connectivity index is 0.000000420. The summed E-state index contributed by atoms with van der Waals surface area (Å²) in [5.74, 6) is -4.35. The molecule has 0 saturated carbocycles. The molecule has 548 valence electrons. The molecule has 2 saturated heterocycles. The van der Waals surface area contributed by atoms with E-state index in [1.165, 1.54) is 82.3 Å². The van der Waals surface area contributed by atoms with E-state index in [1.54, 1.807) is 83.1 Å². The SMILES string of the molecule is CCCN(CCOc1c(Cl)cc(Cl)cc1Cl)C(=O)n1ccnc1.CO[C@@H]1[C@@H](OC(=O)c2ccc(C)[nH]2)[C@@H](O)[C@H](Oc2ccc3c(O)c(NC(=O)c4c[nH]c(C(=O)Nc5c(O)c6ccc(O[C@@H]7OC(C)(C)[C@H](OC)[C@@H](OC(=O)c8ccc(C)[nH]8)[C@H]7O)c(C)c6oc5=O)c4C)c(=O)oc3c2C)OC1(C)C. The average Bonchev–Trinajstić information content (AvgIpc) is 0.977. The standard InChI is InChI=1S/C55H59N5O20.C15H16Cl3N3O2/c1-21-12-16-29(57-21)48(67)77-42-38(63)52(79-54(6,7)44(42)71-10)73-31-18-14-26-36(61)34(50(69)75-40(26)24(31)4)59-46(65)28-20-56-33(23(28)3)47(66)60-35-37(62)27-15-19-32(25(5)41(27)76-51(35)70)74-53-39(64)43(45(72-11)55(8,9)80-53)78-49(68)30-17-13-22(2)58-30;1-2-4-20(15(22)21-5-3-19-10-21)6-7-23-14-12(17)8-11(16)9-13(14)18/h12-20,38-39,42-45,52-53,56-58,61-64H,1-11H3,(H,59,65)(H,60,66);3,5,8-10H,2,4,6-7H2,1H3/t38-,39-,42+,43+,44-,45-,52-,53-;/m1./s1. The number of H-pyrrole nitrogens is 3. The molecule has 103 heavy (non-hydrogen) atoms. The predicted octanol–water partition coefficient (Wildman–Crippen LogP) is 10.2. The fourth-order valence-corrected chi connectivity index (χ4v) is 13.0. The van der Waals surface area contributed by atoms with Crippen LogP contribution in [0.5, 0.6) is 28.7 Å². The number of amides is 3. The van der Waals surface area contributed by atoms with E-state index in [9.17, 15) is 54.0 Å². The van der Waals surface area contributed by atoms with Crippen LogP contribution in [0, 0.1) is 34.6 Å². The van der Waals surface area contributed by atoms with E-state index in [0.717, 1.165) is 12.6 Å². The van der Waals surface area contributed by atoms with Crippen LogP contribution in [-0.4, -0.2) is 174 Å². The van der Waals surface area contributed by atoms with Crippen LogP contribution in [0.25, 0.3) is 21.9 Å². The van der Waals surface area contributed by atoms with Crippen molar-refractivity contribution in [1.82, 2.24) is 29.4 Å². The Kier molecular flexibility index (Phi) is 22.8. The summed E-state index contributed by atoms with van der Waals surface area (Å²) in [6, 6.07) is 14.9. The molecule has 0 bridgehead atoms. The lowest BCUT2D eigenvalue weighted by Crippen LogP contribution is -2.65. The number of ether oxygens (including phenoxy) is 9. The van der Waals surface area contributed by atoms with Crippen LogP contribution in [0.1, 0.15) is 111 Å². The number of carbonyl (C=O) groups excluding carboxylic acids is 5. The zero-order chi connectivity index (χ0) is 74.8. The van der Waals surface area contributed by atoms with Crippen molar-refractivity contribution >= 4 is 97.9 Å². The summed E-state index contributed by atoms with van der Waals surface area (Å²) in [6.45, 7) is 17.9. The smallest absolute Gasteiger partial charge is 0.364 e. The van der Waals surface area contributed by atoms with Crippen molar-refractivity contribution in [1.29, 1.82) is 0 Å². The van der Waals surface area contributed by atoms with Crippen LogP contribution in [0.3, 0.4) is 0 Å². The number of hydrogen-bond acceptors (Lipinski definition) is 23.